The summed E-state index contributed by atoms with van der Waals surface area (Å²) in [6, 6.07) is 5.26. The molecule has 0 saturated heterocycles. The molecule has 2 rings (SSSR count). The maximum absolute atomic E-state index is 14.1. The Hall–Kier alpha value is -2.51. The quantitative estimate of drug-likeness (QED) is 0.772. The van der Waals surface area contributed by atoms with Crippen LogP contribution >= 0.6 is 11.3 Å². The lowest BCUT2D eigenvalue weighted by Gasteiger charge is -2.04. The molecule has 0 aliphatic heterocycles. The Balaban J connectivity index is 2.22. The Morgan fingerprint density at radius 3 is 2.76 bits per heavy atom. The molecule has 25 heavy (non-hydrogen) atoms. The highest BCUT2D eigenvalue weighted by Crippen LogP contribution is 2.34. The second-order valence-electron chi connectivity index (χ2n) is 5.14. The van der Waals surface area contributed by atoms with E-state index in [-0.39, 0.29) is 17.9 Å². The first-order valence-corrected chi connectivity index (χ1v) is 9.82. The standard InChI is InChI=1S/C15H15FN4O3S2/c1-9-13(10-4-5-12(11(16)8-10)25(2,22)23)24-15(19-9)20-14(21)18-7-3-6-17/h4-5,8H,3,7H2,1-2H3,(H2,18,19,20,21). The number of nitrogens with one attached hydrogen (secondary N) is 2. The summed E-state index contributed by atoms with van der Waals surface area (Å²) >= 11 is 1.14. The van der Waals surface area contributed by atoms with Gasteiger partial charge in [0.2, 0.25) is 0 Å². The lowest BCUT2D eigenvalue weighted by Crippen LogP contribution is -2.29. The smallest absolute Gasteiger partial charge is 0.321 e. The van der Waals surface area contributed by atoms with Gasteiger partial charge < -0.3 is 5.32 Å². The van der Waals surface area contributed by atoms with Crippen molar-refractivity contribution in [2.75, 3.05) is 18.1 Å². The van der Waals surface area contributed by atoms with Gasteiger partial charge in [-0.1, -0.05) is 17.4 Å². The zero-order chi connectivity index (χ0) is 18.6. The first-order valence-electron chi connectivity index (χ1n) is 7.11. The van der Waals surface area contributed by atoms with Crippen molar-refractivity contribution in [1.82, 2.24) is 10.3 Å². The largest absolute Gasteiger partial charge is 0.337 e. The Morgan fingerprint density at radius 1 is 1.44 bits per heavy atom. The average Bonchev–Trinajstić information content (AvgIpc) is 2.86. The number of amides is 2. The van der Waals surface area contributed by atoms with E-state index in [0.717, 1.165) is 23.7 Å². The van der Waals surface area contributed by atoms with Crippen LogP contribution in [0.15, 0.2) is 23.1 Å². The van der Waals surface area contributed by atoms with Crippen LogP contribution in [0.4, 0.5) is 14.3 Å². The average molecular weight is 382 g/mol. The SMILES string of the molecule is Cc1nc(NC(=O)NCCC#N)sc1-c1ccc(S(C)(=O)=O)c(F)c1. The van der Waals surface area contributed by atoms with E-state index < -0.39 is 21.7 Å². The Labute approximate surface area is 148 Å². The van der Waals surface area contributed by atoms with Gasteiger partial charge in [-0.3, -0.25) is 5.32 Å². The highest BCUT2D eigenvalue weighted by atomic mass is 32.2. The van der Waals surface area contributed by atoms with Crippen LogP contribution < -0.4 is 10.6 Å². The summed E-state index contributed by atoms with van der Waals surface area (Å²) < 4.78 is 37.0. The number of thiazole rings is 1. The van der Waals surface area contributed by atoms with Gasteiger partial charge in [0.15, 0.2) is 15.0 Å². The van der Waals surface area contributed by atoms with Gasteiger partial charge in [0, 0.05) is 12.8 Å². The summed E-state index contributed by atoms with van der Waals surface area (Å²) in [7, 11) is -3.64. The van der Waals surface area contributed by atoms with Crippen LogP contribution in [0.1, 0.15) is 12.1 Å². The third-order valence-electron chi connectivity index (χ3n) is 3.13. The van der Waals surface area contributed by atoms with E-state index in [1.54, 1.807) is 6.92 Å². The van der Waals surface area contributed by atoms with Crippen molar-refractivity contribution >= 4 is 32.3 Å². The van der Waals surface area contributed by atoms with E-state index in [4.69, 9.17) is 5.26 Å². The number of carbonyl (C=O) groups is 1. The maximum atomic E-state index is 14.1. The van der Waals surface area contributed by atoms with Crippen LogP contribution in [-0.2, 0) is 9.84 Å². The van der Waals surface area contributed by atoms with E-state index in [1.165, 1.54) is 12.1 Å². The van der Waals surface area contributed by atoms with Crippen molar-refractivity contribution < 1.29 is 17.6 Å². The van der Waals surface area contributed by atoms with E-state index >= 15 is 0 Å². The monoisotopic (exact) mass is 382 g/mol. The lowest BCUT2D eigenvalue weighted by molar-refractivity contribution is 0.252. The number of nitriles is 1. The molecule has 1 heterocycles. The van der Waals surface area contributed by atoms with Gasteiger partial charge in [-0.25, -0.2) is 22.6 Å². The number of anilines is 1. The lowest BCUT2D eigenvalue weighted by atomic mass is 10.1. The van der Waals surface area contributed by atoms with Crippen LogP contribution in [0.5, 0.6) is 0 Å². The summed E-state index contributed by atoms with van der Waals surface area (Å²) in [6.07, 6.45) is 1.14. The number of aryl methyl sites for hydroxylation is 1. The number of carbonyl (C=O) groups excluding carboxylic acids is 1. The van der Waals surface area contributed by atoms with Crippen LogP contribution in [0.3, 0.4) is 0 Å². The van der Waals surface area contributed by atoms with Gasteiger partial charge in [-0.05, 0) is 24.6 Å². The Morgan fingerprint density at radius 2 is 2.16 bits per heavy atom. The molecule has 0 saturated carbocycles. The van der Waals surface area contributed by atoms with Crippen molar-refractivity contribution in [2.45, 2.75) is 18.2 Å². The normalized spacial score (nSPS) is 11.0. The fraction of sp³-hybridized carbons (Fsp3) is 0.267. The predicted molar refractivity (Wildman–Crippen MR) is 92.6 cm³/mol. The van der Waals surface area contributed by atoms with E-state index in [0.29, 0.717) is 21.3 Å². The molecule has 2 aromatic rings. The number of rotatable bonds is 5. The fourth-order valence-electron chi connectivity index (χ4n) is 2.03. The van der Waals surface area contributed by atoms with Gasteiger partial charge in [-0.15, -0.1) is 0 Å². The second-order valence-corrected chi connectivity index (χ2v) is 8.12. The minimum Gasteiger partial charge on any atom is -0.337 e. The van der Waals surface area contributed by atoms with Gasteiger partial charge >= 0.3 is 6.03 Å². The van der Waals surface area contributed by atoms with Crippen molar-refractivity contribution in [3.63, 3.8) is 0 Å². The summed E-state index contributed by atoms with van der Waals surface area (Å²) in [5, 5.41) is 13.8. The zero-order valence-electron chi connectivity index (χ0n) is 13.5. The first-order chi connectivity index (χ1) is 11.7. The van der Waals surface area contributed by atoms with Crippen molar-refractivity contribution in [3.8, 4) is 16.5 Å². The molecule has 2 amide bonds. The van der Waals surface area contributed by atoms with Gasteiger partial charge in [-0.2, -0.15) is 5.26 Å². The summed E-state index contributed by atoms with van der Waals surface area (Å²) in [5.74, 6) is -0.837. The van der Waals surface area contributed by atoms with E-state index in [9.17, 15) is 17.6 Å². The molecule has 0 atom stereocenters. The first kappa shape index (κ1) is 18.8. The predicted octanol–water partition coefficient (Wildman–Crippen LogP) is 2.70. The molecular weight excluding hydrogens is 367 g/mol. The second kappa shape index (κ2) is 7.58. The molecule has 0 aliphatic rings. The number of nitrogens with zero attached hydrogens (tertiary/aromatic N) is 2. The number of hydrogen-bond donors (Lipinski definition) is 2. The topological polar surface area (TPSA) is 112 Å². The van der Waals surface area contributed by atoms with Crippen molar-refractivity contribution in [1.29, 1.82) is 5.26 Å². The number of halogens is 1. The van der Waals surface area contributed by atoms with Gasteiger partial charge in [0.25, 0.3) is 0 Å². The molecule has 0 spiro atoms. The molecule has 132 valence electrons. The highest BCUT2D eigenvalue weighted by molar-refractivity contribution is 7.90. The molecule has 0 bridgehead atoms. The molecule has 0 fully saturated rings. The summed E-state index contributed by atoms with van der Waals surface area (Å²) in [4.78, 5) is 16.1. The molecule has 2 N–H and O–H groups in total. The van der Waals surface area contributed by atoms with Gasteiger partial charge in [0.1, 0.15) is 10.7 Å². The molecule has 0 aliphatic carbocycles. The van der Waals surface area contributed by atoms with Crippen molar-refractivity contribution in [2.24, 2.45) is 0 Å². The highest BCUT2D eigenvalue weighted by Gasteiger charge is 2.17. The minimum atomic E-state index is -3.64. The molecule has 0 unspecified atom stereocenters. The molecule has 1 aromatic heterocycles. The molecular formula is C15H15FN4O3S2. The molecule has 7 nitrogen and oxygen atoms in total. The maximum Gasteiger partial charge on any atom is 0.321 e. The van der Waals surface area contributed by atoms with Crippen LogP contribution in [0.25, 0.3) is 10.4 Å². The summed E-state index contributed by atoms with van der Waals surface area (Å²) in [5.41, 5.74) is 1.04. The zero-order valence-corrected chi connectivity index (χ0v) is 15.1. The molecule has 1 aromatic carbocycles. The van der Waals surface area contributed by atoms with Crippen LogP contribution in [0.2, 0.25) is 0 Å². The van der Waals surface area contributed by atoms with E-state index in [1.807, 2.05) is 6.07 Å². The molecule has 0 radical (unpaired) electrons. The number of urea groups is 1. The Kier molecular flexibility index (Phi) is 5.71. The number of aromatic nitrogens is 1. The number of benzene rings is 1. The van der Waals surface area contributed by atoms with Crippen molar-refractivity contribution in [3.05, 3.63) is 29.7 Å². The van der Waals surface area contributed by atoms with Gasteiger partial charge in [0.05, 0.1) is 23.1 Å². The fourth-order valence-corrected chi connectivity index (χ4v) is 3.72. The minimum absolute atomic E-state index is 0.196. The third kappa shape index (κ3) is 4.74. The third-order valence-corrected chi connectivity index (χ3v) is 5.38. The number of hydrogen-bond acceptors (Lipinski definition) is 6. The van der Waals surface area contributed by atoms with Crippen LogP contribution in [0, 0.1) is 24.1 Å². The molecule has 10 heteroatoms. The van der Waals surface area contributed by atoms with E-state index in [2.05, 4.69) is 15.6 Å². The van der Waals surface area contributed by atoms with Crippen LogP contribution in [-0.4, -0.2) is 32.2 Å². The number of sulfone groups is 1. The summed E-state index contributed by atoms with van der Waals surface area (Å²) in [6.45, 7) is 1.92. The Bertz CT molecular complexity index is 948.